The van der Waals surface area contributed by atoms with Crippen molar-refractivity contribution in [2.75, 3.05) is 0 Å². The Morgan fingerprint density at radius 2 is 1.32 bits per heavy atom. The number of benzene rings is 2. The van der Waals surface area contributed by atoms with Gasteiger partial charge >= 0.3 is 0 Å². The number of hydrogen-bond donors (Lipinski definition) is 0. The molecule has 1 atom stereocenters. The molecule has 0 aliphatic heterocycles. The summed E-state index contributed by atoms with van der Waals surface area (Å²) in [5, 5.41) is 3.22. The number of unbranched alkanes of at least 4 members (excludes halogenated alkanes) is 2. The molecule has 2 rings (SSSR count). The fraction of sp³-hybridized carbons (Fsp3) is 0.481. The Bertz CT molecular complexity index is 667. The Morgan fingerprint density at radius 3 is 1.71 bits per heavy atom. The SMILES string of the molecule is CCCCC[C@H](/C=C/[Si](c1ccccc1)(c1ccccc1)C(C)(C)C)C(C)C. The van der Waals surface area contributed by atoms with Crippen LogP contribution >= 0.6 is 0 Å². The van der Waals surface area contributed by atoms with Crippen molar-refractivity contribution in [1.82, 2.24) is 0 Å². The van der Waals surface area contributed by atoms with Gasteiger partial charge in [-0.05, 0) is 33.7 Å². The van der Waals surface area contributed by atoms with Crippen LogP contribution in [-0.2, 0) is 0 Å². The highest BCUT2D eigenvalue weighted by Crippen LogP contribution is 2.37. The normalized spacial score (nSPS) is 14.0. The third-order valence-corrected chi connectivity index (χ3v) is 11.8. The van der Waals surface area contributed by atoms with E-state index in [9.17, 15) is 0 Å². The predicted molar refractivity (Wildman–Crippen MR) is 129 cm³/mol. The van der Waals surface area contributed by atoms with Gasteiger partial charge in [0.1, 0.15) is 8.07 Å². The van der Waals surface area contributed by atoms with E-state index in [1.54, 1.807) is 0 Å². The first-order chi connectivity index (χ1) is 13.3. The molecule has 2 aromatic rings. The van der Waals surface area contributed by atoms with Crippen molar-refractivity contribution in [3.63, 3.8) is 0 Å². The van der Waals surface area contributed by atoms with Crippen LogP contribution in [0.25, 0.3) is 0 Å². The zero-order chi connectivity index (χ0) is 20.6. The second kappa shape index (κ2) is 10.3. The standard InChI is InChI=1S/C27H40Si/c1-7-8-11-16-24(23(2)3)21-22-28(27(4,5)6,25-17-12-9-13-18-25)26-19-14-10-15-20-26/h9-10,12-15,17-24H,7-8,11,16H2,1-6H3/b22-21+/t24-/m1/s1. The van der Waals surface area contributed by atoms with Crippen molar-refractivity contribution in [3.05, 3.63) is 72.4 Å². The second-order valence-corrected chi connectivity index (χ2v) is 14.2. The molecule has 0 fully saturated rings. The Labute approximate surface area is 175 Å². The Kier molecular flexibility index (Phi) is 8.31. The van der Waals surface area contributed by atoms with Crippen molar-refractivity contribution in [3.8, 4) is 0 Å². The minimum Gasteiger partial charge on any atom is -0.0892 e. The lowest BCUT2D eigenvalue weighted by molar-refractivity contribution is 0.418. The van der Waals surface area contributed by atoms with Crippen LogP contribution in [0.1, 0.15) is 67.2 Å². The first-order valence-corrected chi connectivity index (χ1v) is 13.2. The van der Waals surface area contributed by atoms with Crippen LogP contribution in [0.3, 0.4) is 0 Å². The summed E-state index contributed by atoms with van der Waals surface area (Å²) in [6, 6.07) is 22.5. The third-order valence-electron chi connectivity index (χ3n) is 6.23. The summed E-state index contributed by atoms with van der Waals surface area (Å²) in [7, 11) is -2.09. The van der Waals surface area contributed by atoms with Crippen LogP contribution in [0.15, 0.2) is 72.4 Å². The van der Waals surface area contributed by atoms with E-state index in [1.165, 1.54) is 36.1 Å². The van der Waals surface area contributed by atoms with Gasteiger partial charge in [-0.15, -0.1) is 0 Å². The molecule has 0 radical (unpaired) electrons. The first kappa shape index (κ1) is 22.7. The molecule has 0 heterocycles. The summed E-state index contributed by atoms with van der Waals surface area (Å²) in [6.45, 7) is 14.4. The molecule has 0 saturated carbocycles. The van der Waals surface area contributed by atoms with Crippen LogP contribution in [0.5, 0.6) is 0 Å². The molecule has 28 heavy (non-hydrogen) atoms. The van der Waals surface area contributed by atoms with Crippen LogP contribution < -0.4 is 10.4 Å². The largest absolute Gasteiger partial charge is 0.146 e. The van der Waals surface area contributed by atoms with Crippen LogP contribution in [0.2, 0.25) is 5.04 Å². The fourth-order valence-electron chi connectivity index (χ4n) is 4.43. The third kappa shape index (κ3) is 5.26. The summed E-state index contributed by atoms with van der Waals surface area (Å²) in [4.78, 5) is 0. The van der Waals surface area contributed by atoms with Gasteiger partial charge in [0, 0.05) is 0 Å². The number of rotatable bonds is 9. The van der Waals surface area contributed by atoms with E-state index in [-0.39, 0.29) is 5.04 Å². The van der Waals surface area contributed by atoms with Crippen molar-refractivity contribution >= 4 is 18.4 Å². The van der Waals surface area contributed by atoms with E-state index in [2.05, 4.69) is 114 Å². The van der Waals surface area contributed by atoms with Gasteiger partial charge in [0.05, 0.1) is 0 Å². The van der Waals surface area contributed by atoms with E-state index in [1.807, 2.05) is 0 Å². The lowest BCUT2D eigenvalue weighted by Gasteiger charge is -2.42. The zero-order valence-electron chi connectivity index (χ0n) is 18.9. The Hall–Kier alpha value is -1.60. The first-order valence-electron chi connectivity index (χ1n) is 11.1. The van der Waals surface area contributed by atoms with Gasteiger partial charge in [0.25, 0.3) is 0 Å². The topological polar surface area (TPSA) is 0 Å². The van der Waals surface area contributed by atoms with Gasteiger partial charge in [-0.3, -0.25) is 0 Å². The molecule has 0 nitrogen and oxygen atoms in total. The predicted octanol–water partition coefficient (Wildman–Crippen LogP) is 7.00. The smallest absolute Gasteiger partial charge is 0.0892 e. The van der Waals surface area contributed by atoms with Crippen molar-refractivity contribution in [1.29, 1.82) is 0 Å². The molecule has 0 bridgehead atoms. The highest BCUT2D eigenvalue weighted by molar-refractivity contribution is 7.07. The van der Waals surface area contributed by atoms with Crippen LogP contribution in [0.4, 0.5) is 0 Å². The highest BCUT2D eigenvalue weighted by Gasteiger charge is 2.45. The van der Waals surface area contributed by atoms with Crippen LogP contribution in [-0.4, -0.2) is 8.07 Å². The van der Waals surface area contributed by atoms with E-state index in [0.29, 0.717) is 11.8 Å². The molecule has 0 aliphatic rings. The molecule has 0 N–H and O–H groups in total. The molecule has 0 saturated heterocycles. The molecule has 0 aromatic heterocycles. The maximum absolute atomic E-state index is 2.67. The van der Waals surface area contributed by atoms with E-state index in [0.717, 1.165) is 0 Å². The zero-order valence-corrected chi connectivity index (χ0v) is 19.9. The van der Waals surface area contributed by atoms with E-state index >= 15 is 0 Å². The summed E-state index contributed by atoms with van der Waals surface area (Å²) in [5.74, 6) is 1.35. The Morgan fingerprint density at radius 1 is 0.821 bits per heavy atom. The van der Waals surface area contributed by atoms with Gasteiger partial charge < -0.3 is 0 Å². The molecular weight excluding hydrogens is 352 g/mol. The maximum atomic E-state index is 2.67. The minimum atomic E-state index is -2.09. The van der Waals surface area contributed by atoms with Gasteiger partial charge in [0.15, 0.2) is 0 Å². The summed E-state index contributed by atoms with van der Waals surface area (Å²) < 4.78 is 0. The molecule has 1 heteroatoms. The molecule has 2 aromatic carbocycles. The Balaban J connectivity index is 2.57. The lowest BCUT2D eigenvalue weighted by atomic mass is 9.90. The molecular formula is C27H40Si. The molecule has 0 amide bonds. The summed E-state index contributed by atoms with van der Waals surface area (Å²) in [6.07, 6.45) is 7.88. The van der Waals surface area contributed by atoms with Crippen LogP contribution in [0, 0.1) is 11.8 Å². The number of hydrogen-bond acceptors (Lipinski definition) is 0. The quantitative estimate of drug-likeness (QED) is 0.318. The monoisotopic (exact) mass is 392 g/mol. The fourth-order valence-corrected chi connectivity index (χ4v) is 9.35. The van der Waals surface area contributed by atoms with Gasteiger partial charge in [-0.25, -0.2) is 0 Å². The summed E-state index contributed by atoms with van der Waals surface area (Å²) in [5.41, 5.74) is 2.67. The molecule has 152 valence electrons. The highest BCUT2D eigenvalue weighted by atomic mass is 28.3. The molecule has 0 unspecified atom stereocenters. The van der Waals surface area contributed by atoms with E-state index < -0.39 is 8.07 Å². The molecule has 0 spiro atoms. The van der Waals surface area contributed by atoms with Gasteiger partial charge in [0.2, 0.25) is 0 Å². The lowest BCUT2D eigenvalue weighted by Crippen LogP contribution is -2.63. The van der Waals surface area contributed by atoms with Gasteiger partial charge in [-0.1, -0.05) is 133 Å². The maximum Gasteiger partial charge on any atom is 0.146 e. The molecule has 0 aliphatic carbocycles. The van der Waals surface area contributed by atoms with E-state index in [4.69, 9.17) is 0 Å². The van der Waals surface area contributed by atoms with Crippen molar-refractivity contribution < 1.29 is 0 Å². The van der Waals surface area contributed by atoms with Crippen molar-refractivity contribution in [2.45, 2.75) is 72.3 Å². The van der Waals surface area contributed by atoms with Crippen molar-refractivity contribution in [2.24, 2.45) is 11.8 Å². The second-order valence-electron chi connectivity index (χ2n) is 9.55. The van der Waals surface area contributed by atoms with Gasteiger partial charge in [-0.2, -0.15) is 0 Å². The number of allylic oxidation sites excluding steroid dienone is 1. The minimum absolute atomic E-state index is 0.192. The summed E-state index contributed by atoms with van der Waals surface area (Å²) >= 11 is 0. The average molecular weight is 393 g/mol. The average Bonchev–Trinajstić information content (AvgIpc) is 2.67.